The molecule has 2 atom stereocenters. The molecule has 0 aliphatic carbocycles. The maximum atomic E-state index is 12.1. The van der Waals surface area contributed by atoms with E-state index >= 15 is 0 Å². The molecule has 0 saturated carbocycles. The smallest absolute Gasteiger partial charge is 0.424 e. The first kappa shape index (κ1) is 47.6. The summed E-state index contributed by atoms with van der Waals surface area (Å²) in [6, 6.07) is 13.8. The summed E-state index contributed by atoms with van der Waals surface area (Å²) in [4.78, 5) is -0.609. The van der Waals surface area contributed by atoms with Crippen molar-refractivity contribution in [2.75, 3.05) is 0 Å². The molecule has 18 heteroatoms. The molecule has 0 radical (unpaired) electrons. The summed E-state index contributed by atoms with van der Waals surface area (Å²) in [7, 11) is -19.6. The van der Waals surface area contributed by atoms with E-state index < -0.39 is 64.2 Å². The molecule has 0 amide bonds. The summed E-state index contributed by atoms with van der Waals surface area (Å²) in [5.41, 5.74) is -3.60. The molecule has 280 valence electrons. The first-order chi connectivity index (χ1) is 21.0. The minimum atomic E-state index is -6.10. The second-order valence-corrected chi connectivity index (χ2v) is 34.7. The maximum absolute atomic E-state index is 12.1. The topological polar surface area (TPSA) is 110 Å². The minimum absolute atomic E-state index is 0. The molecule has 0 bridgehead atoms. The normalized spacial score (nSPS) is 14.8. The Morgan fingerprint density at radius 2 is 0.958 bits per heavy atom. The molecule has 0 N–H and O–H groups in total. The van der Waals surface area contributed by atoms with E-state index in [2.05, 4.69) is 97.0 Å². The predicted octanol–water partition coefficient (Wildman–Crippen LogP) is 9.01. The van der Waals surface area contributed by atoms with Gasteiger partial charge in [0.2, 0.25) is 0 Å². The first-order valence-corrected chi connectivity index (χ1v) is 30.4. The van der Waals surface area contributed by atoms with Crippen LogP contribution in [0.3, 0.4) is 0 Å². The standard InChI is InChI=1S/C19H40O3Si4.C11H13F3NO4S2.Ag/c1-12-17(2)18-13-15-19(16-14-18)26(20-23(3,4)5,21-24(6,7)8)22-25(9,10)11;1-3-8(2)9-4-6-10(7-5-9)20(16,17)15-21(18,19)11(12,13)14;/h13-17H,12H2,1-11H3;4-8H,3H2,1-2H3;/q;-1;+1. The summed E-state index contributed by atoms with van der Waals surface area (Å²) in [6.07, 6.45) is 1.93. The zero-order valence-electron chi connectivity index (χ0n) is 30.2. The number of hydrogen-bond acceptors (Lipinski definition) is 7. The first-order valence-electron chi connectivity index (χ1n) is 15.6. The fourth-order valence-electron chi connectivity index (χ4n) is 4.12. The van der Waals surface area contributed by atoms with Gasteiger partial charge in [-0.15, -0.1) is 0 Å². The van der Waals surface area contributed by atoms with Crippen LogP contribution in [-0.4, -0.2) is 56.1 Å². The molecule has 2 aromatic carbocycles. The Labute approximate surface area is 307 Å². The average Bonchev–Trinajstić information content (AvgIpc) is 2.88. The second kappa shape index (κ2) is 17.9. The van der Waals surface area contributed by atoms with Gasteiger partial charge in [-0.2, -0.15) is 13.2 Å². The number of hydrogen-bond donors (Lipinski definition) is 0. The molecule has 0 saturated heterocycles. The summed E-state index contributed by atoms with van der Waals surface area (Å²) >= 11 is 0. The van der Waals surface area contributed by atoms with E-state index in [1.807, 2.05) is 18.0 Å². The van der Waals surface area contributed by atoms with Crippen molar-refractivity contribution in [3.05, 3.63) is 63.8 Å². The monoisotopic (exact) mass is 879 g/mol. The van der Waals surface area contributed by atoms with Crippen LogP contribution in [0.2, 0.25) is 58.9 Å². The Kier molecular flexibility index (Phi) is 17.7. The van der Waals surface area contributed by atoms with Crippen LogP contribution in [0.25, 0.3) is 4.13 Å². The molecule has 0 aliphatic heterocycles. The molecular formula is C30H53AgF3NO7S2Si4. The van der Waals surface area contributed by atoms with Gasteiger partial charge < -0.3 is 16.5 Å². The maximum Gasteiger partial charge on any atom is 1.00 e. The number of sulfonamides is 2. The molecular weight excluding hydrogens is 828 g/mol. The van der Waals surface area contributed by atoms with Crippen molar-refractivity contribution in [2.45, 2.75) is 122 Å². The Morgan fingerprint density at radius 1 is 0.646 bits per heavy atom. The van der Waals surface area contributed by atoms with Crippen molar-refractivity contribution in [2.24, 2.45) is 0 Å². The molecule has 8 nitrogen and oxygen atoms in total. The molecule has 48 heavy (non-hydrogen) atoms. The number of benzene rings is 2. The van der Waals surface area contributed by atoms with E-state index in [4.69, 9.17) is 12.3 Å². The molecule has 0 heterocycles. The summed E-state index contributed by atoms with van der Waals surface area (Å²) in [6.45, 7) is 28.3. The number of halogens is 3. The average molecular weight is 881 g/mol. The molecule has 2 unspecified atom stereocenters. The third-order valence-electron chi connectivity index (χ3n) is 6.62. The molecule has 0 aliphatic rings. The van der Waals surface area contributed by atoms with E-state index in [0.717, 1.165) is 35.7 Å². The van der Waals surface area contributed by atoms with Crippen LogP contribution >= 0.6 is 0 Å². The van der Waals surface area contributed by atoms with Crippen LogP contribution in [0.1, 0.15) is 63.5 Å². The zero-order chi connectivity index (χ0) is 36.9. The van der Waals surface area contributed by atoms with Crippen LogP contribution in [0, 0.1) is 0 Å². The summed E-state index contributed by atoms with van der Waals surface area (Å²) < 4.78 is 104. The van der Waals surface area contributed by atoms with E-state index in [1.54, 1.807) is 0 Å². The van der Waals surface area contributed by atoms with Gasteiger partial charge in [-0.25, -0.2) is 16.8 Å². The Bertz CT molecular complexity index is 1470. The molecule has 2 aromatic rings. The SMILES string of the molecule is CCC(C)c1ccc(S(=O)(=O)[N-]S(=O)(=O)C(F)(F)F)cc1.CCC(C)c1ccc([Si](O[Si](C)(C)C)(O[Si](C)(C)C)O[Si](C)(C)C)cc1.[Ag+]. The third kappa shape index (κ3) is 15.4. The van der Waals surface area contributed by atoms with Crippen molar-refractivity contribution in [3.8, 4) is 0 Å². The van der Waals surface area contributed by atoms with Gasteiger partial charge in [0.25, 0.3) is 0 Å². The zero-order valence-corrected chi connectivity index (χ0v) is 37.4. The van der Waals surface area contributed by atoms with Crippen LogP contribution < -0.4 is 5.19 Å². The van der Waals surface area contributed by atoms with Gasteiger partial charge >= 0.3 is 36.7 Å². The van der Waals surface area contributed by atoms with Crippen LogP contribution in [0.15, 0.2) is 53.4 Å². The van der Waals surface area contributed by atoms with Gasteiger partial charge in [0.15, 0.2) is 35.0 Å². The van der Waals surface area contributed by atoms with Crippen molar-refractivity contribution in [1.82, 2.24) is 0 Å². The van der Waals surface area contributed by atoms with E-state index in [-0.39, 0.29) is 28.3 Å². The van der Waals surface area contributed by atoms with E-state index in [9.17, 15) is 30.0 Å². The van der Waals surface area contributed by atoms with Crippen LogP contribution in [-0.2, 0) is 54.8 Å². The second-order valence-electron chi connectivity index (χ2n) is 14.5. The van der Waals surface area contributed by atoms with Crippen molar-refractivity contribution in [1.29, 1.82) is 0 Å². The fraction of sp³-hybridized carbons (Fsp3) is 0.600. The van der Waals surface area contributed by atoms with Gasteiger partial charge in [-0.3, -0.25) is 0 Å². The number of alkyl halides is 3. The number of nitrogens with zero attached hydrogens (tertiary/aromatic N) is 1. The van der Waals surface area contributed by atoms with Gasteiger partial charge in [0, 0.05) is 10.1 Å². The van der Waals surface area contributed by atoms with Crippen molar-refractivity contribution in [3.63, 3.8) is 0 Å². The summed E-state index contributed by atoms with van der Waals surface area (Å²) in [5.74, 6) is 0.700. The number of rotatable bonds is 14. The Morgan fingerprint density at radius 3 is 1.23 bits per heavy atom. The third-order valence-corrected chi connectivity index (χ3v) is 21.3. The molecule has 0 aromatic heterocycles. The van der Waals surface area contributed by atoms with Gasteiger partial charge in [0.1, 0.15) is 10.0 Å². The Hall–Kier alpha value is -0.422. The quantitative estimate of drug-likeness (QED) is 0.174. The fourth-order valence-corrected chi connectivity index (χ4v) is 19.6. The van der Waals surface area contributed by atoms with E-state index in [1.165, 1.54) is 17.7 Å². The minimum Gasteiger partial charge on any atom is -0.424 e. The Balaban J connectivity index is 0.000000921. The van der Waals surface area contributed by atoms with Gasteiger partial charge in [-0.05, 0) is 107 Å². The van der Waals surface area contributed by atoms with Gasteiger partial charge in [0.05, 0.1) is 0 Å². The largest absolute Gasteiger partial charge is 1.00 e. The molecule has 2 rings (SSSR count). The predicted molar refractivity (Wildman–Crippen MR) is 194 cm³/mol. The molecule has 0 fully saturated rings. The van der Waals surface area contributed by atoms with Gasteiger partial charge in [-0.1, -0.05) is 64.1 Å². The van der Waals surface area contributed by atoms with Crippen LogP contribution in [0.4, 0.5) is 13.2 Å². The van der Waals surface area contributed by atoms with Crippen LogP contribution in [0.5, 0.6) is 0 Å². The van der Waals surface area contributed by atoms with E-state index in [0.29, 0.717) is 5.92 Å². The van der Waals surface area contributed by atoms with Crippen molar-refractivity contribution >= 4 is 59.0 Å². The van der Waals surface area contributed by atoms with Crippen molar-refractivity contribution < 1.29 is 64.7 Å². The summed E-state index contributed by atoms with van der Waals surface area (Å²) in [5, 5.41) is 1.12. The molecule has 0 spiro atoms.